The number of rotatable bonds is 6. The van der Waals surface area contributed by atoms with Crippen LogP contribution in [0.3, 0.4) is 0 Å². The van der Waals surface area contributed by atoms with Crippen LogP contribution in [0.2, 0.25) is 0 Å². The molecule has 54 heavy (non-hydrogen) atoms. The third kappa shape index (κ3) is 9.01. The molecule has 0 bridgehead atoms. The van der Waals surface area contributed by atoms with Crippen molar-refractivity contribution in [1.29, 1.82) is 0 Å². The number of nitrogens with zero attached hydrogens (tertiary/aromatic N) is 3. The molecule has 266 valence electrons. The topological polar surface area (TPSA) is 38.1 Å². The maximum atomic E-state index is 4.75. The monoisotopic (exact) mass is 701 g/mol. The van der Waals surface area contributed by atoms with Crippen LogP contribution in [-0.2, 0) is 0 Å². The van der Waals surface area contributed by atoms with Crippen LogP contribution in [0.4, 0.5) is 0 Å². The number of benzene rings is 6. The molecule has 0 aliphatic rings. The molecule has 8 rings (SSSR count). The molecule has 3 heteroatoms. The second-order valence-corrected chi connectivity index (χ2v) is 12.1. The van der Waals surface area contributed by atoms with Crippen LogP contribution in [-0.4, -0.2) is 16.7 Å². The van der Waals surface area contributed by atoms with E-state index in [-0.39, 0.29) is 0 Å². The molecule has 6 aromatic carbocycles. The lowest BCUT2D eigenvalue weighted by Crippen LogP contribution is -1.91. The number of pyridine rings is 2. The molecule has 8 aromatic rings. The Kier molecular flexibility index (Phi) is 14.1. The highest BCUT2D eigenvalue weighted by Crippen LogP contribution is 2.44. The van der Waals surface area contributed by atoms with E-state index in [1.54, 1.807) is 18.5 Å². The smallest absolute Gasteiger partial charge is 0.0717 e. The lowest BCUT2D eigenvalue weighted by molar-refractivity contribution is 1.28. The number of hydrogen-bond donors (Lipinski definition) is 0. The van der Waals surface area contributed by atoms with Gasteiger partial charge in [-0.1, -0.05) is 154 Å². The van der Waals surface area contributed by atoms with Crippen LogP contribution in [0.25, 0.3) is 77.0 Å². The van der Waals surface area contributed by atoms with Gasteiger partial charge in [0.25, 0.3) is 0 Å². The van der Waals surface area contributed by atoms with Gasteiger partial charge in [-0.3, -0.25) is 15.0 Å². The fourth-order valence-electron chi connectivity index (χ4n) is 6.44. The third-order valence-electron chi connectivity index (χ3n) is 8.76. The van der Waals surface area contributed by atoms with Crippen LogP contribution in [0.15, 0.2) is 200 Å². The first-order valence-electron chi connectivity index (χ1n) is 18.4. The molecular weight excluding hydrogens is 655 g/mol. The van der Waals surface area contributed by atoms with Gasteiger partial charge >= 0.3 is 0 Å². The second kappa shape index (κ2) is 19.8. The molecule has 0 saturated heterocycles. The largest absolute Gasteiger partial charge is 0.273 e. The van der Waals surface area contributed by atoms with E-state index in [0.717, 1.165) is 22.4 Å². The number of aromatic nitrogens is 2. The van der Waals surface area contributed by atoms with Gasteiger partial charge in [-0.25, -0.2) is 0 Å². The van der Waals surface area contributed by atoms with Crippen LogP contribution in [0.5, 0.6) is 0 Å². The molecule has 2 heterocycles. The molecule has 0 amide bonds. The Labute approximate surface area is 320 Å². The molecule has 0 aliphatic carbocycles. The summed E-state index contributed by atoms with van der Waals surface area (Å²) >= 11 is 0. The van der Waals surface area contributed by atoms with Crippen molar-refractivity contribution in [2.75, 3.05) is 0 Å². The molecular formula is C51H47N3. The molecule has 0 atom stereocenters. The minimum absolute atomic E-state index is 0.921. The Morgan fingerprint density at radius 1 is 0.519 bits per heavy atom. The Bertz CT molecular complexity index is 2440. The van der Waals surface area contributed by atoms with Crippen molar-refractivity contribution in [3.8, 4) is 44.6 Å². The summed E-state index contributed by atoms with van der Waals surface area (Å²) in [6, 6.07) is 50.1. The lowest BCUT2D eigenvalue weighted by atomic mass is 9.85. The summed E-state index contributed by atoms with van der Waals surface area (Å²) in [5.74, 6) is 0. The van der Waals surface area contributed by atoms with Gasteiger partial charge in [0.15, 0.2) is 0 Å². The Morgan fingerprint density at radius 3 is 1.59 bits per heavy atom. The summed E-state index contributed by atoms with van der Waals surface area (Å²) in [7, 11) is 0. The highest BCUT2D eigenvalue weighted by molar-refractivity contribution is 6.21. The van der Waals surface area contributed by atoms with Gasteiger partial charge in [-0.2, -0.15) is 0 Å². The van der Waals surface area contributed by atoms with Gasteiger partial charge in [0.05, 0.1) is 5.69 Å². The Balaban J connectivity index is 0.000000412. The Morgan fingerprint density at radius 2 is 1.09 bits per heavy atom. The summed E-state index contributed by atoms with van der Waals surface area (Å²) < 4.78 is 0. The predicted octanol–water partition coefficient (Wildman–Crippen LogP) is 14.6. The van der Waals surface area contributed by atoms with E-state index < -0.39 is 0 Å². The lowest BCUT2D eigenvalue weighted by Gasteiger charge is -2.18. The molecule has 0 unspecified atom stereocenters. The maximum Gasteiger partial charge on any atom is 0.0717 e. The molecule has 3 nitrogen and oxygen atoms in total. The van der Waals surface area contributed by atoms with Gasteiger partial charge in [-0.05, 0) is 111 Å². The number of aliphatic imine (C=N–C) groups is 1. The zero-order valence-electron chi connectivity index (χ0n) is 31.7. The van der Waals surface area contributed by atoms with Crippen molar-refractivity contribution in [3.63, 3.8) is 0 Å². The number of fused-ring (bicyclic) bond motifs is 3. The summed E-state index contributed by atoms with van der Waals surface area (Å²) in [6.07, 6.45) is 14.6. The van der Waals surface area contributed by atoms with Crippen LogP contribution in [0.1, 0.15) is 27.7 Å². The van der Waals surface area contributed by atoms with E-state index in [1.165, 1.54) is 54.6 Å². The van der Waals surface area contributed by atoms with Gasteiger partial charge in [0, 0.05) is 35.9 Å². The van der Waals surface area contributed by atoms with E-state index in [0.29, 0.717) is 0 Å². The minimum Gasteiger partial charge on any atom is -0.273 e. The molecule has 0 radical (unpaired) electrons. The van der Waals surface area contributed by atoms with E-state index in [4.69, 9.17) is 4.98 Å². The highest BCUT2D eigenvalue weighted by atomic mass is 14.7. The van der Waals surface area contributed by atoms with Crippen LogP contribution >= 0.6 is 0 Å². The van der Waals surface area contributed by atoms with Crippen molar-refractivity contribution in [1.82, 2.24) is 9.97 Å². The van der Waals surface area contributed by atoms with E-state index in [2.05, 4.69) is 151 Å². The fourth-order valence-corrected chi connectivity index (χ4v) is 6.44. The quantitative estimate of drug-likeness (QED) is 0.0983. The summed E-state index contributed by atoms with van der Waals surface area (Å²) in [6.45, 7) is 14.5. The maximum absolute atomic E-state index is 4.75. The second-order valence-electron chi connectivity index (χ2n) is 12.1. The van der Waals surface area contributed by atoms with Crippen molar-refractivity contribution < 1.29 is 0 Å². The first-order valence-corrected chi connectivity index (χ1v) is 18.4. The van der Waals surface area contributed by atoms with Gasteiger partial charge in [0.1, 0.15) is 0 Å². The molecule has 0 saturated carbocycles. The fraction of sp³-hybridized carbons (Fsp3) is 0.0784. The summed E-state index contributed by atoms with van der Waals surface area (Å²) in [4.78, 5) is 12.4. The van der Waals surface area contributed by atoms with E-state index in [1.807, 2.05) is 70.4 Å². The zero-order chi connectivity index (χ0) is 38.1. The number of allylic oxidation sites excluding steroid dienone is 4. The van der Waals surface area contributed by atoms with Crippen molar-refractivity contribution in [2.24, 2.45) is 4.99 Å². The predicted molar refractivity (Wildman–Crippen MR) is 237 cm³/mol. The minimum atomic E-state index is 0.921. The first kappa shape index (κ1) is 38.5. The summed E-state index contributed by atoms with van der Waals surface area (Å²) in [5.41, 5.74) is 9.14. The standard InChI is InChI=1S/C40H26N2.C5H8.C4H7N.C2H6/c1-2-10-28-23-31(19-18-27(28)9-1)40-36-16-5-3-14-34(36)39(35-15-4-6-17-37(35)40)30-12-7-11-29(24-30)32-20-21-38(42-26-32)33-13-8-22-41-25-33;1-3-5-4-2;1-3-4-5-2;1-2/h1-26H;3-5H,1H2,2H3;3-4H,2H2,1H3;1-2H3/b;5-4-;4-3-;. The van der Waals surface area contributed by atoms with Crippen LogP contribution in [0, 0.1) is 0 Å². The third-order valence-corrected chi connectivity index (χ3v) is 8.76. The van der Waals surface area contributed by atoms with Crippen molar-refractivity contribution in [2.45, 2.75) is 27.7 Å². The SMILES string of the molecule is C=C/C=C\C.C=N/C=C\C.CC.c1cncc(-c2ccc(-c3cccc(-c4c5ccccc5c(-c5ccc6ccccc6c5)c5ccccc45)c3)cn2)c1. The average molecular weight is 702 g/mol. The van der Waals surface area contributed by atoms with Crippen LogP contribution < -0.4 is 0 Å². The highest BCUT2D eigenvalue weighted by Gasteiger charge is 2.17. The Hall–Kier alpha value is -6.71. The molecule has 0 N–H and O–H groups in total. The van der Waals surface area contributed by atoms with Crippen molar-refractivity contribution >= 4 is 39.0 Å². The van der Waals surface area contributed by atoms with Gasteiger partial charge in [-0.15, -0.1) is 0 Å². The van der Waals surface area contributed by atoms with E-state index >= 15 is 0 Å². The molecule has 0 aliphatic heterocycles. The van der Waals surface area contributed by atoms with E-state index in [9.17, 15) is 0 Å². The first-order chi connectivity index (χ1) is 26.7. The zero-order valence-corrected chi connectivity index (χ0v) is 31.7. The van der Waals surface area contributed by atoms with Gasteiger partial charge < -0.3 is 0 Å². The van der Waals surface area contributed by atoms with Gasteiger partial charge in [0.2, 0.25) is 0 Å². The number of hydrogen-bond acceptors (Lipinski definition) is 3. The molecule has 0 fully saturated rings. The molecule has 2 aromatic heterocycles. The average Bonchev–Trinajstić information content (AvgIpc) is 3.25. The molecule has 0 spiro atoms. The van der Waals surface area contributed by atoms with Crippen molar-refractivity contribution in [3.05, 3.63) is 195 Å². The summed E-state index contributed by atoms with van der Waals surface area (Å²) in [5, 5.41) is 7.53. The normalized spacial score (nSPS) is 10.6.